The molecule has 4 nitrogen and oxygen atoms in total. The number of fused-ring (bicyclic) bond motifs is 1. The van der Waals surface area contributed by atoms with E-state index < -0.39 is 5.97 Å². The van der Waals surface area contributed by atoms with Crippen molar-refractivity contribution in [1.29, 1.82) is 0 Å². The lowest BCUT2D eigenvalue weighted by atomic mass is 10.2. The molecule has 0 radical (unpaired) electrons. The third-order valence-corrected chi connectivity index (χ3v) is 3.24. The van der Waals surface area contributed by atoms with Crippen molar-refractivity contribution in [2.75, 3.05) is 0 Å². The molecule has 0 fully saturated rings. The summed E-state index contributed by atoms with van der Waals surface area (Å²) in [5, 5.41) is 11.0. The summed E-state index contributed by atoms with van der Waals surface area (Å²) in [6.07, 6.45) is 0. The van der Waals surface area contributed by atoms with Crippen LogP contribution in [0, 0.1) is 0 Å². The van der Waals surface area contributed by atoms with Crippen LogP contribution < -0.4 is 0 Å². The molecule has 3 aromatic rings. The number of nitrogens with zero attached hydrogens (tertiary/aromatic N) is 1. The van der Waals surface area contributed by atoms with Gasteiger partial charge in [0, 0.05) is 0 Å². The number of carboxylic acid groups (broad SMARTS) is 1. The Morgan fingerprint density at radius 2 is 2.18 bits per heavy atom. The van der Waals surface area contributed by atoms with Crippen LogP contribution in [0.15, 0.2) is 40.1 Å². The lowest BCUT2D eigenvalue weighted by Crippen LogP contribution is -1.95. The molecule has 17 heavy (non-hydrogen) atoms. The lowest BCUT2D eigenvalue weighted by Gasteiger charge is -1.92. The van der Waals surface area contributed by atoms with E-state index in [1.165, 1.54) is 17.4 Å². The highest BCUT2D eigenvalue weighted by Crippen LogP contribution is 2.29. The fraction of sp³-hybridized carbons (Fsp3) is 0. The zero-order valence-corrected chi connectivity index (χ0v) is 9.40. The molecule has 0 saturated heterocycles. The number of aromatic carboxylic acids is 1. The summed E-state index contributed by atoms with van der Waals surface area (Å²) < 4.78 is 5.52. The van der Waals surface area contributed by atoms with Crippen molar-refractivity contribution in [1.82, 2.24) is 4.98 Å². The average Bonchev–Trinajstić information content (AvgIpc) is 2.96. The molecular weight excluding hydrogens is 238 g/mol. The van der Waals surface area contributed by atoms with Crippen molar-refractivity contribution in [3.8, 4) is 10.8 Å². The van der Waals surface area contributed by atoms with Crippen molar-refractivity contribution < 1.29 is 14.3 Å². The fourth-order valence-corrected chi connectivity index (χ4v) is 2.27. The third kappa shape index (κ3) is 1.60. The number of oxazole rings is 1. The Hall–Kier alpha value is -2.14. The highest BCUT2D eigenvalue weighted by molar-refractivity contribution is 7.13. The first-order valence-corrected chi connectivity index (χ1v) is 5.80. The highest BCUT2D eigenvalue weighted by atomic mass is 32.1. The SMILES string of the molecule is O=C(O)c1cccc2nc(-c3cccs3)oc12. The maximum absolute atomic E-state index is 11.0. The predicted octanol–water partition coefficient (Wildman–Crippen LogP) is 3.25. The van der Waals surface area contributed by atoms with Gasteiger partial charge in [0.1, 0.15) is 11.1 Å². The van der Waals surface area contributed by atoms with Crippen LogP contribution in [0.3, 0.4) is 0 Å². The second-order valence-corrected chi connectivity index (χ2v) is 4.40. The van der Waals surface area contributed by atoms with Gasteiger partial charge in [-0.2, -0.15) is 0 Å². The number of rotatable bonds is 2. The Morgan fingerprint density at radius 1 is 1.29 bits per heavy atom. The number of hydrogen-bond donors (Lipinski definition) is 1. The molecule has 1 N–H and O–H groups in total. The van der Waals surface area contributed by atoms with E-state index in [2.05, 4.69) is 4.98 Å². The molecule has 84 valence electrons. The van der Waals surface area contributed by atoms with Gasteiger partial charge in [-0.3, -0.25) is 0 Å². The van der Waals surface area contributed by atoms with Crippen LogP contribution in [0.25, 0.3) is 21.9 Å². The number of hydrogen-bond acceptors (Lipinski definition) is 4. The largest absolute Gasteiger partial charge is 0.478 e. The van der Waals surface area contributed by atoms with Crippen LogP contribution >= 0.6 is 11.3 Å². The number of benzene rings is 1. The van der Waals surface area contributed by atoms with E-state index in [0.717, 1.165) is 4.88 Å². The van der Waals surface area contributed by atoms with Crippen LogP contribution in [0.4, 0.5) is 0 Å². The molecule has 0 saturated carbocycles. The van der Waals surface area contributed by atoms with Crippen LogP contribution in [-0.2, 0) is 0 Å². The number of aromatic nitrogens is 1. The van der Waals surface area contributed by atoms with Crippen LogP contribution in [-0.4, -0.2) is 16.1 Å². The van der Waals surface area contributed by atoms with Gasteiger partial charge in [0.05, 0.1) is 4.88 Å². The standard InChI is InChI=1S/C12H7NO3S/c14-12(15)7-3-1-4-8-10(7)16-11(13-8)9-5-2-6-17-9/h1-6H,(H,14,15). The first-order valence-electron chi connectivity index (χ1n) is 4.92. The summed E-state index contributed by atoms with van der Waals surface area (Å²) in [6.45, 7) is 0. The number of thiophene rings is 1. The van der Waals surface area contributed by atoms with Crippen LogP contribution in [0.1, 0.15) is 10.4 Å². The summed E-state index contributed by atoms with van der Waals surface area (Å²) >= 11 is 1.50. The lowest BCUT2D eigenvalue weighted by molar-refractivity contribution is 0.0698. The Morgan fingerprint density at radius 3 is 2.88 bits per heavy atom. The maximum Gasteiger partial charge on any atom is 0.339 e. The Kier molecular flexibility index (Phi) is 2.19. The normalized spacial score (nSPS) is 10.8. The van der Waals surface area contributed by atoms with Crippen LogP contribution in [0.2, 0.25) is 0 Å². The minimum absolute atomic E-state index is 0.137. The molecule has 0 aliphatic carbocycles. The van der Waals surface area contributed by atoms with E-state index in [1.807, 2.05) is 17.5 Å². The predicted molar refractivity (Wildman–Crippen MR) is 64.3 cm³/mol. The van der Waals surface area contributed by atoms with Crippen LogP contribution in [0.5, 0.6) is 0 Å². The topological polar surface area (TPSA) is 63.3 Å². The summed E-state index contributed by atoms with van der Waals surface area (Å²) in [7, 11) is 0. The van der Waals surface area contributed by atoms with Gasteiger partial charge >= 0.3 is 5.97 Å². The van der Waals surface area contributed by atoms with Gasteiger partial charge in [0.25, 0.3) is 0 Å². The quantitative estimate of drug-likeness (QED) is 0.752. The summed E-state index contributed by atoms with van der Waals surface area (Å²) in [5.74, 6) is -0.548. The van der Waals surface area contributed by atoms with Gasteiger partial charge in [-0.05, 0) is 23.6 Å². The number of carbonyl (C=O) groups is 1. The van der Waals surface area contributed by atoms with Crippen molar-refractivity contribution >= 4 is 28.4 Å². The van der Waals surface area contributed by atoms with E-state index in [4.69, 9.17) is 9.52 Å². The highest BCUT2D eigenvalue weighted by Gasteiger charge is 2.15. The van der Waals surface area contributed by atoms with E-state index in [9.17, 15) is 4.79 Å². The van der Waals surface area contributed by atoms with Gasteiger partial charge in [-0.25, -0.2) is 9.78 Å². The second kappa shape index (κ2) is 3.71. The molecule has 0 atom stereocenters. The first kappa shape index (κ1) is 10.0. The summed E-state index contributed by atoms with van der Waals surface area (Å²) in [5.41, 5.74) is 1.02. The Balaban J connectivity index is 2.26. The molecule has 2 aromatic heterocycles. The molecule has 2 heterocycles. The Bertz CT molecular complexity index is 685. The summed E-state index contributed by atoms with van der Waals surface area (Å²) in [6, 6.07) is 8.69. The van der Waals surface area contributed by atoms with E-state index in [0.29, 0.717) is 17.0 Å². The minimum Gasteiger partial charge on any atom is -0.478 e. The number of para-hydroxylation sites is 1. The van der Waals surface area contributed by atoms with Crippen molar-refractivity contribution in [3.05, 3.63) is 41.3 Å². The molecule has 5 heteroatoms. The molecule has 1 aromatic carbocycles. The fourth-order valence-electron chi connectivity index (χ4n) is 1.62. The van der Waals surface area contributed by atoms with E-state index >= 15 is 0 Å². The van der Waals surface area contributed by atoms with Crippen molar-refractivity contribution in [2.45, 2.75) is 0 Å². The molecule has 0 aliphatic rings. The first-order chi connectivity index (χ1) is 8.25. The minimum atomic E-state index is -1.01. The van der Waals surface area contributed by atoms with Gasteiger partial charge in [0.15, 0.2) is 5.58 Å². The molecule has 3 rings (SSSR count). The van der Waals surface area contributed by atoms with Gasteiger partial charge in [-0.1, -0.05) is 12.1 Å². The molecular formula is C12H7NO3S. The van der Waals surface area contributed by atoms with Gasteiger partial charge in [-0.15, -0.1) is 11.3 Å². The molecule has 0 amide bonds. The Labute approximate surface area is 100 Å². The van der Waals surface area contributed by atoms with Crippen molar-refractivity contribution in [2.24, 2.45) is 0 Å². The van der Waals surface area contributed by atoms with Gasteiger partial charge < -0.3 is 9.52 Å². The molecule has 0 aliphatic heterocycles. The zero-order valence-electron chi connectivity index (χ0n) is 8.58. The molecule has 0 unspecified atom stereocenters. The van der Waals surface area contributed by atoms with E-state index in [-0.39, 0.29) is 5.56 Å². The number of carboxylic acids is 1. The second-order valence-electron chi connectivity index (χ2n) is 3.46. The van der Waals surface area contributed by atoms with Gasteiger partial charge in [0.2, 0.25) is 5.89 Å². The smallest absolute Gasteiger partial charge is 0.339 e. The zero-order chi connectivity index (χ0) is 11.8. The molecule has 0 bridgehead atoms. The van der Waals surface area contributed by atoms with Crippen molar-refractivity contribution in [3.63, 3.8) is 0 Å². The average molecular weight is 245 g/mol. The summed E-state index contributed by atoms with van der Waals surface area (Å²) in [4.78, 5) is 16.2. The third-order valence-electron chi connectivity index (χ3n) is 2.38. The maximum atomic E-state index is 11.0. The monoisotopic (exact) mass is 245 g/mol. The molecule has 0 spiro atoms. The van der Waals surface area contributed by atoms with E-state index in [1.54, 1.807) is 12.1 Å².